The molecule has 12 aromatic rings. The predicted octanol–water partition coefficient (Wildman–Crippen LogP) is 25.1. The lowest BCUT2D eigenvalue weighted by molar-refractivity contribution is -0.191. The quantitative estimate of drug-likeness (QED) is 0.00428. The van der Waals surface area contributed by atoms with E-state index in [-0.39, 0.29) is 135 Å². The van der Waals surface area contributed by atoms with Gasteiger partial charge in [-0.25, -0.2) is 19.6 Å². The Hall–Kier alpha value is -11.9. The molecule has 1 heterocycles. The van der Waals surface area contributed by atoms with E-state index >= 15 is 0 Å². The molecule has 0 radical (unpaired) electrons. The number of amidine groups is 1. The number of nitrogen functional groups attached to an aromatic ring is 3. The Balaban J connectivity index is 0.000000496. The van der Waals surface area contributed by atoms with Crippen LogP contribution in [0.2, 0.25) is 5.15 Å². The number of rotatable bonds is 44. The smallest absolute Gasteiger partial charge is 0.407 e. The van der Waals surface area contributed by atoms with Crippen LogP contribution in [0.1, 0.15) is 215 Å². The molecule has 0 spiro atoms. The number of alkyl carbamates (subject to hydrolysis) is 2. The Morgan fingerprint density at radius 3 is 1.15 bits per heavy atom. The second kappa shape index (κ2) is 76.6. The molecule has 0 saturated heterocycles. The maximum absolute atomic E-state index is 13.1. The van der Waals surface area contributed by atoms with Crippen LogP contribution in [0.3, 0.4) is 0 Å². The largest absolute Gasteiger partial charge is 0.445 e. The summed E-state index contributed by atoms with van der Waals surface area (Å²) in [7, 11) is 12.8. The summed E-state index contributed by atoms with van der Waals surface area (Å²) in [6.07, 6.45) is 29.2. The molecular weight excluding hydrogens is 2070 g/mol. The molecule has 12 rings (SSSR count). The summed E-state index contributed by atoms with van der Waals surface area (Å²) in [6, 6.07) is 82.3. The van der Waals surface area contributed by atoms with Gasteiger partial charge in [0.25, 0.3) is 5.91 Å². The fourth-order valence-electron chi connectivity index (χ4n) is 16.0. The van der Waals surface area contributed by atoms with Crippen LogP contribution >= 0.6 is 87.8 Å². The monoisotopic (exact) mass is 2230 g/mol. The molecule has 29 heteroatoms. The number of unbranched alkanes of at least 4 members (excludes halogenated alkanes) is 11. The SMILES string of the molecule is CCCCCc1ccc(C[C@H](C)C(=O)Nc2ccc(CCCCCCN(C)C)cc2)c2ccccc12.CCCc1ccc(C#CCCNC(=O)OCc2ccccc2)c2ccccc12.CN(C)CCCCCCc1ccc(N)cc1.CSC(=N)NC(=O)c1nc(Cl)c(N)nc1N.C[C@@H](Cc1ccc(C#CCCNC(=O)OCc2ccccc2)c2ccccc12)C(=O)Nc1ccc(CCCCCCN(C)C)cc1.I.O=C=O.S.S.S. The van der Waals surface area contributed by atoms with E-state index in [2.05, 4.69) is 252 Å². The molecule has 5 amide bonds. The molecule has 0 aliphatic rings. The number of aromatic nitrogens is 2. The zero-order valence-electron chi connectivity index (χ0n) is 88.7. The summed E-state index contributed by atoms with van der Waals surface area (Å²) < 4.78 is 10.4. The number of ether oxygens (including phenoxy) is 2. The predicted molar refractivity (Wildman–Crippen MR) is 646 cm³/mol. The summed E-state index contributed by atoms with van der Waals surface area (Å²) in [6.45, 7) is 13.4. The van der Waals surface area contributed by atoms with E-state index < -0.39 is 18.1 Å². The molecular formula is C120H158ClIN14O9S4. The Kier molecular flexibility index (Phi) is 67.5. The van der Waals surface area contributed by atoms with Crippen LogP contribution in [0.25, 0.3) is 32.3 Å². The number of hydrogen-bond acceptors (Lipinski definition) is 19. The van der Waals surface area contributed by atoms with Gasteiger partial charge in [0.2, 0.25) is 11.8 Å². The Morgan fingerprint density at radius 1 is 0.409 bits per heavy atom. The topological polar surface area (TPSA) is 336 Å². The molecule has 0 aliphatic heterocycles. The number of benzene rings is 11. The van der Waals surface area contributed by atoms with E-state index in [0.717, 1.165) is 112 Å². The Bertz CT molecular complexity index is 6130. The maximum atomic E-state index is 13.1. The van der Waals surface area contributed by atoms with Crippen molar-refractivity contribution in [3.05, 3.63) is 315 Å². The van der Waals surface area contributed by atoms with Crippen LogP contribution in [0.5, 0.6) is 0 Å². The summed E-state index contributed by atoms with van der Waals surface area (Å²) in [4.78, 5) is 91.7. The average molecular weight is 2230 g/mol. The van der Waals surface area contributed by atoms with E-state index in [1.54, 1.807) is 6.26 Å². The number of amides is 5. The fraction of sp³-hybridized carbons (Fsp3) is 0.375. The summed E-state index contributed by atoms with van der Waals surface area (Å²) >= 11 is 6.67. The van der Waals surface area contributed by atoms with Gasteiger partial charge in [0.15, 0.2) is 27.7 Å². The van der Waals surface area contributed by atoms with Gasteiger partial charge in [0, 0.05) is 66.0 Å². The van der Waals surface area contributed by atoms with Crippen LogP contribution in [0.4, 0.5) is 38.3 Å². The maximum Gasteiger partial charge on any atom is 0.407 e. The summed E-state index contributed by atoms with van der Waals surface area (Å²) in [5.74, 6) is 11.8. The summed E-state index contributed by atoms with van der Waals surface area (Å²) in [5.41, 5.74) is 32.0. The van der Waals surface area contributed by atoms with Crippen molar-refractivity contribution < 1.29 is 43.0 Å². The van der Waals surface area contributed by atoms with Gasteiger partial charge < -0.3 is 68.0 Å². The molecule has 2 atom stereocenters. The van der Waals surface area contributed by atoms with Gasteiger partial charge in [-0.2, -0.15) is 50.1 Å². The van der Waals surface area contributed by atoms with Gasteiger partial charge in [-0.15, -0.1) is 24.0 Å². The normalized spacial score (nSPS) is 10.7. The Labute approximate surface area is 932 Å². The molecule has 0 aliphatic carbocycles. The van der Waals surface area contributed by atoms with Crippen molar-refractivity contribution in [1.82, 2.24) is 40.6 Å². The first kappa shape index (κ1) is 131. The highest BCUT2D eigenvalue weighted by Crippen LogP contribution is 2.31. The van der Waals surface area contributed by atoms with Crippen LogP contribution < -0.4 is 43.8 Å². The number of nitrogens with one attached hydrogen (secondary N) is 6. The lowest BCUT2D eigenvalue weighted by Crippen LogP contribution is -2.29. The highest BCUT2D eigenvalue weighted by atomic mass is 127. The first-order valence-electron chi connectivity index (χ1n) is 50.7. The third kappa shape index (κ3) is 51.9. The average Bonchev–Trinajstić information content (AvgIpc) is 0.800. The molecule has 23 nitrogen and oxygen atoms in total. The van der Waals surface area contributed by atoms with Crippen molar-refractivity contribution >= 4 is 190 Å². The number of halogens is 2. The number of anilines is 5. The fourth-order valence-corrected chi connectivity index (χ4v) is 16.4. The van der Waals surface area contributed by atoms with Crippen LogP contribution in [-0.2, 0) is 86.8 Å². The molecule has 1 aromatic heterocycles. The number of hydrogen-bond donors (Lipinski definition) is 9. The molecule has 149 heavy (non-hydrogen) atoms. The second-order valence-corrected chi connectivity index (χ2v) is 38.0. The zero-order valence-corrected chi connectivity index (χ0v) is 95.6. The van der Waals surface area contributed by atoms with Gasteiger partial charge >= 0.3 is 18.3 Å². The van der Waals surface area contributed by atoms with Crippen molar-refractivity contribution in [2.24, 2.45) is 11.8 Å². The third-order valence-electron chi connectivity index (χ3n) is 24.0. The molecule has 0 fully saturated rings. The second-order valence-electron chi connectivity index (χ2n) is 36.8. The number of carbonyl (C=O) groups is 5. The number of thioether (sulfide) groups is 1. The first-order valence-corrected chi connectivity index (χ1v) is 52.3. The lowest BCUT2D eigenvalue weighted by atomic mass is 9.91. The molecule has 0 bridgehead atoms. The lowest BCUT2D eigenvalue weighted by Gasteiger charge is -2.16. The van der Waals surface area contributed by atoms with Gasteiger partial charge in [-0.3, -0.25) is 19.8 Å². The van der Waals surface area contributed by atoms with E-state index in [0.29, 0.717) is 32.4 Å². The number of carbonyl (C=O) groups excluding carboxylic acids is 7. The minimum atomic E-state index is -0.647. The molecule has 0 saturated carbocycles. The van der Waals surface area contributed by atoms with Crippen LogP contribution in [0, 0.1) is 40.9 Å². The number of nitrogens with zero attached hydrogens (tertiary/aromatic N) is 5. The third-order valence-corrected chi connectivity index (χ3v) is 24.8. The van der Waals surface area contributed by atoms with Gasteiger partial charge in [0.1, 0.15) is 13.2 Å². The zero-order chi connectivity index (χ0) is 105. The van der Waals surface area contributed by atoms with Crippen molar-refractivity contribution in [2.45, 2.75) is 201 Å². The Morgan fingerprint density at radius 2 is 0.752 bits per heavy atom. The molecule has 12 N–H and O–H groups in total. The molecule has 11 aromatic carbocycles. The van der Waals surface area contributed by atoms with Crippen molar-refractivity contribution in [3.63, 3.8) is 0 Å². The van der Waals surface area contributed by atoms with Gasteiger partial charge in [-0.05, 0) is 289 Å². The van der Waals surface area contributed by atoms with Gasteiger partial charge in [-0.1, -0.05) is 327 Å². The molecule has 0 unspecified atom stereocenters. The molecule has 800 valence electrons. The minimum Gasteiger partial charge on any atom is -0.445 e. The van der Waals surface area contributed by atoms with Crippen molar-refractivity contribution in [3.8, 4) is 23.7 Å². The van der Waals surface area contributed by atoms with E-state index in [1.165, 1.54) is 171 Å². The van der Waals surface area contributed by atoms with Crippen LogP contribution in [-0.4, -0.2) is 147 Å². The number of fused-ring (bicyclic) bond motifs is 3. The van der Waals surface area contributed by atoms with E-state index in [1.807, 2.05) is 135 Å². The number of nitrogens with two attached hydrogens (primary N) is 3. The summed E-state index contributed by atoms with van der Waals surface area (Å²) in [5, 5.41) is 28.4. The van der Waals surface area contributed by atoms with Crippen molar-refractivity contribution in [1.29, 1.82) is 5.41 Å². The van der Waals surface area contributed by atoms with Crippen LogP contribution in [0.15, 0.2) is 243 Å². The van der Waals surface area contributed by atoms with E-state index in [9.17, 15) is 24.0 Å². The minimum absolute atomic E-state index is 0. The number of aryl methyl sites for hydroxylation is 5. The highest BCUT2D eigenvalue weighted by molar-refractivity contribution is 14.0. The standard InChI is InChI=1S/C40H47N3O3.C33H46N2O.C25H25NO2.C14H24N2.C7H9ClN6OS.CO2.HI.3H2S/c1-31(39(44)42-36-25-21-32(22-26-36)15-7-4-5-14-28-43(2)3)29-35-24-23-34(37-19-10-11-20-38(35)37)18-12-13-27-41-40(45)46-30-33-16-8-6-9-17-33;1-5-6-9-15-28-20-21-29(32-17-12-11-16-31(28)32)25-26(2)33(36)34-30-22-18-27(19-23-30)14-10-7-8-13-24-35(3)4;1-2-10-21-16-17-22(24-15-7-6-14-23(21)24)13-8-9-18-26-25(27)28-19-20-11-4-3-5-12-20;1-16(2)12-6-4-3-5-7-13-8-10-14(15)11-9-13;1-16-7(11)14-6(15)2-4(9)13-5(10)3(8)12-2;2-1-3;;;;/h6,8-11,16-17,19-26,31H,4-5,7,13-15,27-30H2,1-3H3,(H,41,45)(H,42,44);11-12,16-23,26H,5-10,13-15,24-25H2,1-4H3,(H,34,36);3-7,11-12,14-17H,2,9-10,18-19H2,1H3,(H,26,27);8-11H,3-7,12,15H2,1-2H3;1H3,(H4,9,10,13)(H2,11,14,15);;1H;3*1H2/t31-;26-;;;;;;;;/m00......../s1. The first-order chi connectivity index (χ1) is 70.2. The highest BCUT2D eigenvalue weighted by Gasteiger charge is 2.21. The van der Waals surface area contributed by atoms with E-state index in [4.69, 9.17) is 53.3 Å². The van der Waals surface area contributed by atoms with Gasteiger partial charge in [0.05, 0.1) is 0 Å². The van der Waals surface area contributed by atoms with Crippen molar-refractivity contribution in [2.75, 3.05) is 109 Å².